The summed E-state index contributed by atoms with van der Waals surface area (Å²) in [6.07, 6.45) is 1.52. The standard InChI is InChI=1S/C12H19NO4/c1-2-17-12-8-5-9(12)7-13(6-8)10(14)3-4-11(15)16/h8-9,12H,2-7H2,1H3,(H,15,16). The Labute approximate surface area is 101 Å². The molecule has 17 heavy (non-hydrogen) atoms. The van der Waals surface area contributed by atoms with Crippen LogP contribution in [0.15, 0.2) is 0 Å². The minimum atomic E-state index is -0.910. The lowest BCUT2D eigenvalue weighted by Gasteiger charge is -2.53. The van der Waals surface area contributed by atoms with E-state index in [0.29, 0.717) is 17.9 Å². The van der Waals surface area contributed by atoms with Gasteiger partial charge in [0.05, 0.1) is 12.5 Å². The van der Waals surface area contributed by atoms with Crippen molar-refractivity contribution in [2.45, 2.75) is 32.3 Å². The molecular formula is C12H19NO4. The Hall–Kier alpha value is -1.10. The summed E-state index contributed by atoms with van der Waals surface area (Å²) in [4.78, 5) is 24.0. The number of carboxylic acids is 1. The monoisotopic (exact) mass is 241 g/mol. The van der Waals surface area contributed by atoms with Gasteiger partial charge >= 0.3 is 5.97 Å². The van der Waals surface area contributed by atoms with Crippen LogP contribution in [0.1, 0.15) is 26.2 Å². The lowest BCUT2D eigenvalue weighted by molar-refractivity contribution is -0.161. The average molecular weight is 241 g/mol. The van der Waals surface area contributed by atoms with E-state index < -0.39 is 5.97 Å². The molecule has 2 saturated heterocycles. The number of aliphatic carboxylic acids is 1. The maximum atomic E-state index is 11.8. The average Bonchev–Trinajstić information content (AvgIpc) is 2.33. The number of carboxylic acid groups (broad SMARTS) is 1. The van der Waals surface area contributed by atoms with Gasteiger partial charge in [-0.3, -0.25) is 9.59 Å². The van der Waals surface area contributed by atoms with Gasteiger partial charge in [0.15, 0.2) is 0 Å². The molecule has 0 aromatic carbocycles. The molecule has 0 radical (unpaired) electrons. The van der Waals surface area contributed by atoms with Crippen LogP contribution >= 0.6 is 0 Å². The van der Waals surface area contributed by atoms with Crippen molar-refractivity contribution in [3.8, 4) is 0 Å². The van der Waals surface area contributed by atoms with E-state index in [9.17, 15) is 9.59 Å². The summed E-state index contributed by atoms with van der Waals surface area (Å²) >= 11 is 0. The van der Waals surface area contributed by atoms with Crippen molar-refractivity contribution in [3.05, 3.63) is 0 Å². The summed E-state index contributed by atoms with van der Waals surface area (Å²) in [5.74, 6) is -0.0188. The van der Waals surface area contributed by atoms with E-state index >= 15 is 0 Å². The van der Waals surface area contributed by atoms with Crippen LogP contribution in [-0.4, -0.2) is 47.7 Å². The zero-order chi connectivity index (χ0) is 12.4. The van der Waals surface area contributed by atoms with Crippen molar-refractivity contribution in [2.75, 3.05) is 19.7 Å². The number of nitrogens with zero attached hydrogens (tertiary/aromatic N) is 1. The lowest BCUT2D eigenvalue weighted by atomic mass is 9.68. The number of hydrogen-bond acceptors (Lipinski definition) is 3. The smallest absolute Gasteiger partial charge is 0.303 e. The highest BCUT2D eigenvalue weighted by atomic mass is 16.5. The topological polar surface area (TPSA) is 66.8 Å². The molecular weight excluding hydrogens is 222 g/mol. The Balaban J connectivity index is 1.79. The Morgan fingerprint density at radius 3 is 2.47 bits per heavy atom. The van der Waals surface area contributed by atoms with Gasteiger partial charge in [-0.2, -0.15) is 0 Å². The van der Waals surface area contributed by atoms with E-state index in [2.05, 4.69) is 0 Å². The van der Waals surface area contributed by atoms with Gasteiger partial charge in [-0.25, -0.2) is 0 Å². The third-order valence-corrected chi connectivity index (χ3v) is 3.71. The van der Waals surface area contributed by atoms with Crippen molar-refractivity contribution in [1.29, 1.82) is 0 Å². The summed E-state index contributed by atoms with van der Waals surface area (Å²) in [6.45, 7) is 4.19. The minimum Gasteiger partial charge on any atom is -0.481 e. The summed E-state index contributed by atoms with van der Waals surface area (Å²) in [7, 11) is 0. The lowest BCUT2D eigenvalue weighted by Crippen LogP contribution is -2.60. The third-order valence-electron chi connectivity index (χ3n) is 3.71. The highest BCUT2D eigenvalue weighted by Crippen LogP contribution is 2.42. The molecule has 0 spiro atoms. The van der Waals surface area contributed by atoms with Crippen LogP contribution in [0.4, 0.5) is 0 Å². The van der Waals surface area contributed by atoms with Crippen molar-refractivity contribution in [1.82, 2.24) is 4.90 Å². The maximum Gasteiger partial charge on any atom is 0.303 e. The van der Waals surface area contributed by atoms with E-state index in [0.717, 1.165) is 26.1 Å². The first-order valence-electron chi connectivity index (χ1n) is 6.23. The number of hydrogen-bond donors (Lipinski definition) is 1. The van der Waals surface area contributed by atoms with Crippen LogP contribution in [0.5, 0.6) is 0 Å². The number of amides is 1. The molecule has 1 aliphatic carbocycles. The molecule has 2 heterocycles. The van der Waals surface area contributed by atoms with Crippen molar-refractivity contribution < 1.29 is 19.4 Å². The van der Waals surface area contributed by atoms with E-state index in [-0.39, 0.29) is 18.7 Å². The first-order valence-corrected chi connectivity index (χ1v) is 6.23. The molecule has 1 N–H and O–H groups in total. The first kappa shape index (κ1) is 12.4. The molecule has 3 fully saturated rings. The van der Waals surface area contributed by atoms with Gasteiger partial charge < -0.3 is 14.7 Å². The predicted octanol–water partition coefficient (Wildman–Crippen LogP) is 0.735. The number of piperidine rings is 2. The SMILES string of the molecule is CCOC1C2CC1CN(C(=O)CCC(=O)O)C2. The Morgan fingerprint density at radius 1 is 1.29 bits per heavy atom. The van der Waals surface area contributed by atoms with Gasteiger partial charge in [0, 0.05) is 38.0 Å². The summed E-state index contributed by atoms with van der Waals surface area (Å²) < 4.78 is 5.64. The molecule has 1 saturated carbocycles. The van der Waals surface area contributed by atoms with E-state index in [4.69, 9.17) is 9.84 Å². The Kier molecular flexibility index (Phi) is 3.66. The van der Waals surface area contributed by atoms with Gasteiger partial charge in [-0.1, -0.05) is 0 Å². The molecule has 2 atom stereocenters. The van der Waals surface area contributed by atoms with Crippen molar-refractivity contribution >= 4 is 11.9 Å². The van der Waals surface area contributed by atoms with Crippen LogP contribution in [0.3, 0.4) is 0 Å². The molecule has 3 rings (SSSR count). The number of ether oxygens (including phenoxy) is 1. The molecule has 2 unspecified atom stereocenters. The third kappa shape index (κ3) is 2.60. The van der Waals surface area contributed by atoms with Gasteiger partial charge in [0.1, 0.15) is 0 Å². The van der Waals surface area contributed by atoms with E-state index in [1.165, 1.54) is 0 Å². The van der Waals surface area contributed by atoms with Crippen LogP contribution in [0.25, 0.3) is 0 Å². The van der Waals surface area contributed by atoms with E-state index in [1.807, 2.05) is 6.92 Å². The summed E-state index contributed by atoms with van der Waals surface area (Å²) in [5.41, 5.74) is 0. The zero-order valence-corrected chi connectivity index (χ0v) is 10.1. The number of fused-ring (bicyclic) bond motifs is 2. The molecule has 1 amide bonds. The Morgan fingerprint density at radius 2 is 1.94 bits per heavy atom. The molecule has 96 valence electrons. The number of carbonyl (C=O) groups excluding carboxylic acids is 1. The van der Waals surface area contributed by atoms with Gasteiger partial charge in [0.25, 0.3) is 0 Å². The number of rotatable bonds is 5. The fourth-order valence-corrected chi connectivity index (χ4v) is 2.88. The highest BCUT2D eigenvalue weighted by Gasteiger charge is 2.48. The molecule has 0 aromatic rings. The summed E-state index contributed by atoms with van der Waals surface area (Å²) in [6, 6.07) is 0. The van der Waals surface area contributed by atoms with Gasteiger partial charge in [-0.05, 0) is 13.3 Å². The van der Waals surface area contributed by atoms with Crippen LogP contribution < -0.4 is 0 Å². The van der Waals surface area contributed by atoms with Crippen LogP contribution in [-0.2, 0) is 14.3 Å². The highest BCUT2D eigenvalue weighted by molar-refractivity contribution is 5.80. The van der Waals surface area contributed by atoms with Gasteiger partial charge in [0.2, 0.25) is 5.91 Å². The predicted molar refractivity (Wildman–Crippen MR) is 60.5 cm³/mol. The van der Waals surface area contributed by atoms with Gasteiger partial charge in [-0.15, -0.1) is 0 Å². The Bertz CT molecular complexity index is 306. The normalized spacial score (nSPS) is 30.9. The van der Waals surface area contributed by atoms with E-state index in [1.54, 1.807) is 4.90 Å². The second-order valence-electron chi connectivity index (χ2n) is 4.87. The zero-order valence-electron chi connectivity index (χ0n) is 10.1. The van der Waals surface area contributed by atoms with Crippen LogP contribution in [0.2, 0.25) is 0 Å². The molecule has 2 bridgehead atoms. The molecule has 2 aliphatic heterocycles. The molecule has 3 aliphatic rings. The van der Waals surface area contributed by atoms with Crippen LogP contribution in [0, 0.1) is 11.8 Å². The van der Waals surface area contributed by atoms with Crippen molar-refractivity contribution in [3.63, 3.8) is 0 Å². The molecule has 5 nitrogen and oxygen atoms in total. The quantitative estimate of drug-likeness (QED) is 0.770. The molecule has 5 heteroatoms. The fraction of sp³-hybridized carbons (Fsp3) is 0.833. The maximum absolute atomic E-state index is 11.8. The fourth-order valence-electron chi connectivity index (χ4n) is 2.88. The number of carbonyl (C=O) groups is 2. The molecule has 0 aromatic heterocycles. The second-order valence-corrected chi connectivity index (χ2v) is 4.87. The summed E-state index contributed by atoms with van der Waals surface area (Å²) in [5, 5.41) is 8.54. The largest absolute Gasteiger partial charge is 0.481 e. The minimum absolute atomic E-state index is 0.0305. The first-order chi connectivity index (χ1) is 8.11. The van der Waals surface area contributed by atoms with Crippen molar-refractivity contribution in [2.24, 2.45) is 11.8 Å². The second kappa shape index (κ2) is 5.04.